The maximum atomic E-state index is 13.2. The van der Waals surface area contributed by atoms with Gasteiger partial charge in [0.1, 0.15) is 6.04 Å². The molecule has 7 heteroatoms. The maximum absolute atomic E-state index is 13.2. The Hall–Kier alpha value is -3.61. The number of fused-ring (bicyclic) bond motifs is 1. The standard InChI is InChI=1S/C23H17F3N2O2/c24-23(25,26)17-10-12-18(13-11-17)27-21(29)20-14-16-8-4-5-9-19(16)28(20)22(30)15-6-2-1-3-7-15/h1-13,20H,14H2,(H,27,29). The van der Waals surface area contributed by atoms with E-state index in [2.05, 4.69) is 5.32 Å². The van der Waals surface area contributed by atoms with Gasteiger partial charge in [0.25, 0.3) is 5.91 Å². The van der Waals surface area contributed by atoms with Crippen molar-refractivity contribution in [3.63, 3.8) is 0 Å². The van der Waals surface area contributed by atoms with Crippen LogP contribution >= 0.6 is 0 Å². The number of amides is 2. The number of hydrogen-bond acceptors (Lipinski definition) is 2. The van der Waals surface area contributed by atoms with Crippen molar-refractivity contribution >= 4 is 23.2 Å². The average Bonchev–Trinajstić information content (AvgIpc) is 3.13. The minimum atomic E-state index is -4.45. The van der Waals surface area contributed by atoms with Gasteiger partial charge in [-0.2, -0.15) is 13.2 Å². The Labute approximate surface area is 170 Å². The number of alkyl halides is 3. The molecule has 4 nitrogen and oxygen atoms in total. The van der Waals surface area contributed by atoms with Crippen molar-refractivity contribution < 1.29 is 22.8 Å². The molecule has 0 saturated heterocycles. The van der Waals surface area contributed by atoms with Crippen molar-refractivity contribution in [3.05, 3.63) is 95.6 Å². The minimum Gasteiger partial charge on any atom is -0.324 e. The monoisotopic (exact) mass is 410 g/mol. The van der Waals surface area contributed by atoms with Crippen LogP contribution in [-0.2, 0) is 17.4 Å². The van der Waals surface area contributed by atoms with E-state index in [0.717, 1.165) is 17.7 Å². The fourth-order valence-electron chi connectivity index (χ4n) is 3.53. The van der Waals surface area contributed by atoms with Crippen LogP contribution in [0.2, 0.25) is 0 Å². The van der Waals surface area contributed by atoms with E-state index in [0.29, 0.717) is 17.7 Å². The van der Waals surface area contributed by atoms with Crippen molar-refractivity contribution in [1.82, 2.24) is 0 Å². The van der Waals surface area contributed by atoms with E-state index in [9.17, 15) is 22.8 Å². The third kappa shape index (κ3) is 3.78. The zero-order valence-corrected chi connectivity index (χ0v) is 15.7. The summed E-state index contributed by atoms with van der Waals surface area (Å²) in [6.45, 7) is 0. The first kappa shape index (κ1) is 19.7. The van der Waals surface area contributed by atoms with Crippen LogP contribution in [0.15, 0.2) is 78.9 Å². The lowest BCUT2D eigenvalue weighted by Gasteiger charge is -2.25. The molecule has 1 unspecified atom stereocenters. The normalized spacial score (nSPS) is 15.6. The Morgan fingerprint density at radius 1 is 0.867 bits per heavy atom. The van der Waals surface area contributed by atoms with Crippen LogP contribution in [0.5, 0.6) is 0 Å². The number of para-hydroxylation sites is 1. The Kier molecular flexibility index (Phi) is 5.03. The summed E-state index contributed by atoms with van der Waals surface area (Å²) < 4.78 is 38.2. The first-order valence-electron chi connectivity index (χ1n) is 9.29. The number of halogens is 3. The fourth-order valence-corrected chi connectivity index (χ4v) is 3.53. The third-order valence-electron chi connectivity index (χ3n) is 5.00. The molecule has 1 N–H and O–H groups in total. The van der Waals surface area contributed by atoms with E-state index in [1.54, 1.807) is 42.5 Å². The Morgan fingerprint density at radius 2 is 1.50 bits per heavy atom. The van der Waals surface area contributed by atoms with Crippen LogP contribution in [0, 0.1) is 0 Å². The summed E-state index contributed by atoms with van der Waals surface area (Å²) in [7, 11) is 0. The molecule has 0 spiro atoms. The summed E-state index contributed by atoms with van der Waals surface area (Å²) in [6.07, 6.45) is -4.13. The number of carbonyl (C=O) groups is 2. The predicted octanol–water partition coefficient (Wildman–Crippen LogP) is 4.92. The topological polar surface area (TPSA) is 49.4 Å². The number of anilines is 2. The van der Waals surface area contributed by atoms with Gasteiger partial charge in [0.2, 0.25) is 5.91 Å². The molecule has 1 atom stereocenters. The van der Waals surface area contributed by atoms with Crippen molar-refractivity contribution in [2.45, 2.75) is 18.6 Å². The Bertz CT molecular complexity index is 1080. The first-order chi connectivity index (χ1) is 14.3. The molecule has 0 aliphatic carbocycles. The van der Waals surface area contributed by atoms with Crippen LogP contribution < -0.4 is 10.2 Å². The summed E-state index contributed by atoms with van der Waals surface area (Å²) in [5, 5.41) is 2.63. The zero-order chi connectivity index (χ0) is 21.3. The van der Waals surface area contributed by atoms with Gasteiger partial charge in [-0.05, 0) is 48.0 Å². The summed E-state index contributed by atoms with van der Waals surface area (Å²) in [4.78, 5) is 27.6. The highest BCUT2D eigenvalue weighted by molar-refractivity contribution is 6.13. The molecule has 152 valence electrons. The lowest BCUT2D eigenvalue weighted by Crippen LogP contribution is -2.45. The molecule has 0 fully saturated rings. The second-order valence-corrected chi connectivity index (χ2v) is 6.95. The van der Waals surface area contributed by atoms with E-state index in [-0.39, 0.29) is 11.6 Å². The second kappa shape index (κ2) is 7.67. The molecule has 3 aromatic rings. The second-order valence-electron chi connectivity index (χ2n) is 6.95. The highest BCUT2D eigenvalue weighted by Gasteiger charge is 2.38. The SMILES string of the molecule is O=C(Nc1ccc(C(F)(F)F)cc1)C1Cc2ccccc2N1C(=O)c1ccccc1. The first-order valence-corrected chi connectivity index (χ1v) is 9.29. The highest BCUT2D eigenvalue weighted by Crippen LogP contribution is 2.34. The van der Waals surface area contributed by atoms with Crippen molar-refractivity contribution in [2.75, 3.05) is 10.2 Å². The van der Waals surface area contributed by atoms with E-state index < -0.39 is 23.7 Å². The molecule has 1 heterocycles. The molecule has 2 amide bonds. The summed E-state index contributed by atoms with van der Waals surface area (Å²) in [5.41, 5.74) is 1.39. The fraction of sp³-hybridized carbons (Fsp3) is 0.130. The van der Waals surface area contributed by atoms with Gasteiger partial charge in [0.05, 0.1) is 5.56 Å². The van der Waals surface area contributed by atoms with Gasteiger partial charge in [-0.15, -0.1) is 0 Å². The van der Waals surface area contributed by atoms with Gasteiger partial charge in [0.15, 0.2) is 0 Å². The minimum absolute atomic E-state index is 0.232. The molecule has 0 aromatic heterocycles. The molecule has 0 bridgehead atoms. The maximum Gasteiger partial charge on any atom is 0.416 e. The molecular weight excluding hydrogens is 393 g/mol. The summed E-state index contributed by atoms with van der Waals surface area (Å²) in [5.74, 6) is -0.775. The quantitative estimate of drug-likeness (QED) is 0.667. The van der Waals surface area contributed by atoms with Gasteiger partial charge in [-0.3, -0.25) is 14.5 Å². The molecule has 1 aliphatic rings. The molecular formula is C23H17F3N2O2. The lowest BCUT2D eigenvalue weighted by atomic mass is 10.1. The van der Waals surface area contributed by atoms with Crippen LogP contribution in [0.3, 0.4) is 0 Å². The number of nitrogens with zero attached hydrogens (tertiary/aromatic N) is 1. The Morgan fingerprint density at radius 3 is 2.17 bits per heavy atom. The van der Waals surface area contributed by atoms with Crippen LogP contribution in [0.25, 0.3) is 0 Å². The Balaban J connectivity index is 1.60. The molecule has 0 saturated carbocycles. The van der Waals surface area contributed by atoms with E-state index in [4.69, 9.17) is 0 Å². The van der Waals surface area contributed by atoms with Crippen LogP contribution in [-0.4, -0.2) is 17.9 Å². The van der Waals surface area contributed by atoms with Crippen molar-refractivity contribution in [1.29, 1.82) is 0 Å². The average molecular weight is 410 g/mol. The number of hydrogen-bond donors (Lipinski definition) is 1. The zero-order valence-electron chi connectivity index (χ0n) is 15.7. The molecule has 3 aromatic carbocycles. The molecule has 1 aliphatic heterocycles. The number of rotatable bonds is 3. The van der Waals surface area contributed by atoms with Crippen molar-refractivity contribution in [3.8, 4) is 0 Å². The summed E-state index contributed by atoms with van der Waals surface area (Å²) >= 11 is 0. The largest absolute Gasteiger partial charge is 0.416 e. The van der Waals surface area contributed by atoms with Gasteiger partial charge in [-0.25, -0.2) is 0 Å². The summed E-state index contributed by atoms with van der Waals surface area (Å²) in [6, 6.07) is 19.3. The van der Waals surface area contributed by atoms with Gasteiger partial charge in [0, 0.05) is 23.4 Å². The van der Waals surface area contributed by atoms with Crippen molar-refractivity contribution in [2.24, 2.45) is 0 Å². The number of carbonyl (C=O) groups excluding carboxylic acids is 2. The number of nitrogens with one attached hydrogen (secondary N) is 1. The third-order valence-corrected chi connectivity index (χ3v) is 5.00. The van der Waals surface area contributed by atoms with E-state index >= 15 is 0 Å². The lowest BCUT2D eigenvalue weighted by molar-refractivity contribution is -0.137. The highest BCUT2D eigenvalue weighted by atomic mass is 19.4. The molecule has 30 heavy (non-hydrogen) atoms. The van der Waals surface area contributed by atoms with Crippen LogP contribution in [0.4, 0.5) is 24.5 Å². The smallest absolute Gasteiger partial charge is 0.324 e. The van der Waals surface area contributed by atoms with Gasteiger partial charge in [-0.1, -0.05) is 36.4 Å². The van der Waals surface area contributed by atoms with Crippen LogP contribution in [0.1, 0.15) is 21.5 Å². The van der Waals surface area contributed by atoms with Gasteiger partial charge >= 0.3 is 6.18 Å². The molecule has 4 rings (SSSR count). The number of benzene rings is 3. The van der Waals surface area contributed by atoms with Gasteiger partial charge < -0.3 is 5.32 Å². The molecule has 0 radical (unpaired) electrons. The van der Waals surface area contributed by atoms with E-state index in [1.807, 2.05) is 12.1 Å². The predicted molar refractivity (Wildman–Crippen MR) is 107 cm³/mol. The van der Waals surface area contributed by atoms with E-state index in [1.165, 1.54) is 17.0 Å².